The van der Waals surface area contributed by atoms with Gasteiger partial charge in [0, 0.05) is 18.7 Å². The van der Waals surface area contributed by atoms with Gasteiger partial charge in [-0.15, -0.1) is 5.10 Å². The third-order valence-electron chi connectivity index (χ3n) is 5.64. The van der Waals surface area contributed by atoms with Gasteiger partial charge < -0.3 is 19.2 Å². The van der Waals surface area contributed by atoms with Crippen molar-refractivity contribution in [3.8, 4) is 5.69 Å². The Morgan fingerprint density at radius 3 is 2.91 bits per heavy atom. The lowest BCUT2D eigenvalue weighted by Crippen LogP contribution is -2.38. The number of oxazole rings is 1. The zero-order valence-corrected chi connectivity index (χ0v) is 17.3. The van der Waals surface area contributed by atoms with Crippen molar-refractivity contribution in [3.63, 3.8) is 0 Å². The summed E-state index contributed by atoms with van der Waals surface area (Å²) in [6.45, 7) is 1.26. The number of hydrogen-bond acceptors (Lipinski definition) is 8. The van der Waals surface area contributed by atoms with Crippen LogP contribution in [-0.4, -0.2) is 66.0 Å². The van der Waals surface area contributed by atoms with Gasteiger partial charge in [-0.05, 0) is 31.7 Å². The highest BCUT2D eigenvalue weighted by Gasteiger charge is 2.34. The Bertz CT molecular complexity index is 1140. The SMILES string of the molecule is O=C(O)c1cncc(-n2cc(COC[C@@H]3CCCN3C(=O)c3cnc(C4CC4)o3)nn2)c1. The van der Waals surface area contributed by atoms with Gasteiger partial charge in [0.15, 0.2) is 5.89 Å². The Morgan fingerprint density at radius 1 is 1.22 bits per heavy atom. The van der Waals surface area contributed by atoms with E-state index in [2.05, 4.69) is 20.3 Å². The largest absolute Gasteiger partial charge is 0.478 e. The van der Waals surface area contributed by atoms with Gasteiger partial charge in [0.2, 0.25) is 5.76 Å². The van der Waals surface area contributed by atoms with E-state index in [0.717, 1.165) is 25.7 Å². The van der Waals surface area contributed by atoms with Crippen LogP contribution in [0.25, 0.3) is 5.69 Å². The van der Waals surface area contributed by atoms with Crippen molar-refractivity contribution in [2.24, 2.45) is 0 Å². The molecule has 2 aliphatic rings. The zero-order valence-electron chi connectivity index (χ0n) is 17.3. The molecule has 0 aromatic carbocycles. The fraction of sp³-hybridized carbons (Fsp3) is 0.429. The van der Waals surface area contributed by atoms with Crippen molar-refractivity contribution in [1.29, 1.82) is 0 Å². The predicted molar refractivity (Wildman–Crippen MR) is 108 cm³/mol. The molecule has 0 bridgehead atoms. The van der Waals surface area contributed by atoms with Gasteiger partial charge >= 0.3 is 5.97 Å². The van der Waals surface area contributed by atoms with E-state index >= 15 is 0 Å². The maximum Gasteiger partial charge on any atom is 0.337 e. The quantitative estimate of drug-likeness (QED) is 0.560. The van der Waals surface area contributed by atoms with Crippen molar-refractivity contribution in [2.75, 3.05) is 13.2 Å². The maximum atomic E-state index is 12.8. The Balaban J connectivity index is 1.17. The Labute approximate surface area is 183 Å². The van der Waals surface area contributed by atoms with Crippen LogP contribution >= 0.6 is 0 Å². The van der Waals surface area contributed by atoms with E-state index in [1.807, 2.05) is 0 Å². The number of aromatic nitrogens is 5. The lowest BCUT2D eigenvalue weighted by molar-refractivity contribution is 0.0467. The summed E-state index contributed by atoms with van der Waals surface area (Å²) >= 11 is 0. The molecule has 3 aromatic heterocycles. The number of nitrogens with zero attached hydrogens (tertiary/aromatic N) is 6. The first kappa shape index (κ1) is 20.3. The zero-order chi connectivity index (χ0) is 22.1. The summed E-state index contributed by atoms with van der Waals surface area (Å²) in [7, 11) is 0. The molecule has 1 aliphatic carbocycles. The van der Waals surface area contributed by atoms with Crippen LogP contribution in [-0.2, 0) is 11.3 Å². The second-order valence-electron chi connectivity index (χ2n) is 8.04. The van der Waals surface area contributed by atoms with Crippen LogP contribution in [0.15, 0.2) is 35.3 Å². The normalized spacial score (nSPS) is 18.2. The molecule has 0 unspecified atom stereocenters. The monoisotopic (exact) mass is 438 g/mol. The standard InChI is InChI=1S/C21H22N6O5/c28-20(18-9-23-19(32-18)13-3-4-13)26-5-1-2-16(26)12-31-11-15-10-27(25-24-15)17-6-14(21(29)30)7-22-8-17/h6-10,13,16H,1-5,11-12H2,(H,29,30)/t16-/m0/s1. The molecule has 11 heteroatoms. The van der Waals surface area contributed by atoms with Crippen molar-refractivity contribution in [2.45, 2.75) is 44.2 Å². The molecular weight excluding hydrogens is 416 g/mol. The van der Waals surface area contributed by atoms with E-state index in [1.165, 1.54) is 29.3 Å². The lowest BCUT2D eigenvalue weighted by atomic mass is 10.2. The molecule has 1 saturated heterocycles. The number of carbonyl (C=O) groups excluding carboxylic acids is 1. The summed E-state index contributed by atoms with van der Waals surface area (Å²) in [4.78, 5) is 33.9. The fourth-order valence-corrected chi connectivity index (χ4v) is 3.78. The summed E-state index contributed by atoms with van der Waals surface area (Å²) in [5.74, 6) is 0.108. The number of likely N-dealkylation sites (tertiary alicyclic amines) is 1. The highest BCUT2D eigenvalue weighted by molar-refractivity contribution is 5.91. The number of carbonyl (C=O) groups is 2. The molecule has 3 aromatic rings. The molecular formula is C21H22N6O5. The van der Waals surface area contributed by atoms with Crippen LogP contribution in [0.4, 0.5) is 0 Å². The average Bonchev–Trinajstić information content (AvgIpc) is 3.21. The molecule has 11 nitrogen and oxygen atoms in total. The highest BCUT2D eigenvalue weighted by Crippen LogP contribution is 2.39. The Morgan fingerprint density at radius 2 is 2.09 bits per heavy atom. The number of ether oxygens (including phenoxy) is 1. The average molecular weight is 438 g/mol. The van der Waals surface area contributed by atoms with E-state index in [0.29, 0.717) is 42.1 Å². The molecule has 166 valence electrons. The molecule has 0 spiro atoms. The minimum absolute atomic E-state index is 0.0385. The molecule has 1 amide bonds. The Hall–Kier alpha value is -3.60. The van der Waals surface area contributed by atoms with Crippen LogP contribution in [0.5, 0.6) is 0 Å². The molecule has 2 fully saturated rings. The van der Waals surface area contributed by atoms with Crippen LogP contribution < -0.4 is 0 Å². The number of hydrogen-bond donors (Lipinski definition) is 1. The topological polar surface area (TPSA) is 136 Å². The van der Waals surface area contributed by atoms with Gasteiger partial charge in [0.05, 0.1) is 49.1 Å². The summed E-state index contributed by atoms with van der Waals surface area (Å²) in [6, 6.07) is 1.43. The smallest absolute Gasteiger partial charge is 0.337 e. The minimum Gasteiger partial charge on any atom is -0.478 e. The number of amides is 1. The van der Waals surface area contributed by atoms with Gasteiger partial charge in [-0.1, -0.05) is 5.21 Å². The third-order valence-corrected chi connectivity index (χ3v) is 5.64. The van der Waals surface area contributed by atoms with Gasteiger partial charge in [-0.2, -0.15) is 0 Å². The van der Waals surface area contributed by atoms with Crippen molar-refractivity contribution in [1.82, 2.24) is 29.9 Å². The van der Waals surface area contributed by atoms with Crippen LogP contribution in [0.2, 0.25) is 0 Å². The molecule has 1 saturated carbocycles. The summed E-state index contributed by atoms with van der Waals surface area (Å²) < 4.78 is 12.9. The molecule has 4 heterocycles. The molecule has 1 atom stereocenters. The van der Waals surface area contributed by atoms with Gasteiger partial charge in [0.25, 0.3) is 5.91 Å². The van der Waals surface area contributed by atoms with Crippen molar-refractivity contribution in [3.05, 3.63) is 53.8 Å². The number of carboxylic acids is 1. The van der Waals surface area contributed by atoms with E-state index < -0.39 is 5.97 Å². The van der Waals surface area contributed by atoms with Crippen LogP contribution in [0, 0.1) is 0 Å². The van der Waals surface area contributed by atoms with Gasteiger partial charge in [-0.25, -0.2) is 14.5 Å². The molecule has 0 radical (unpaired) electrons. The molecule has 1 aliphatic heterocycles. The first-order valence-electron chi connectivity index (χ1n) is 10.5. The predicted octanol–water partition coefficient (Wildman–Crippen LogP) is 2.05. The maximum absolute atomic E-state index is 12.8. The van der Waals surface area contributed by atoms with Crippen LogP contribution in [0.3, 0.4) is 0 Å². The Kier molecular flexibility index (Phi) is 5.39. The van der Waals surface area contributed by atoms with Gasteiger partial charge in [0.1, 0.15) is 5.69 Å². The van der Waals surface area contributed by atoms with E-state index in [1.54, 1.807) is 11.1 Å². The second-order valence-corrected chi connectivity index (χ2v) is 8.04. The first-order chi connectivity index (χ1) is 15.6. The lowest BCUT2D eigenvalue weighted by Gasteiger charge is -2.23. The van der Waals surface area contributed by atoms with E-state index in [-0.39, 0.29) is 24.1 Å². The number of pyridine rings is 1. The summed E-state index contributed by atoms with van der Waals surface area (Å²) in [6.07, 6.45) is 9.87. The number of rotatable bonds is 8. The highest BCUT2D eigenvalue weighted by atomic mass is 16.5. The van der Waals surface area contributed by atoms with Crippen LogP contribution in [0.1, 0.15) is 64.1 Å². The van der Waals surface area contributed by atoms with Crippen molar-refractivity contribution < 1.29 is 23.8 Å². The third kappa shape index (κ3) is 4.24. The van der Waals surface area contributed by atoms with Crippen molar-refractivity contribution >= 4 is 11.9 Å². The molecule has 5 rings (SSSR count). The fourth-order valence-electron chi connectivity index (χ4n) is 3.78. The summed E-state index contributed by atoms with van der Waals surface area (Å²) in [5, 5.41) is 17.2. The van der Waals surface area contributed by atoms with Gasteiger partial charge in [-0.3, -0.25) is 9.78 Å². The molecule has 1 N–H and O–H groups in total. The summed E-state index contributed by atoms with van der Waals surface area (Å²) in [5.41, 5.74) is 1.15. The number of carboxylic acid groups (broad SMARTS) is 1. The minimum atomic E-state index is -1.06. The van der Waals surface area contributed by atoms with E-state index in [4.69, 9.17) is 14.3 Å². The first-order valence-corrected chi connectivity index (χ1v) is 10.5. The van der Waals surface area contributed by atoms with E-state index in [9.17, 15) is 9.59 Å². The molecule has 32 heavy (non-hydrogen) atoms. The second kappa shape index (κ2) is 8.50. The number of aromatic carboxylic acids is 1.